The van der Waals surface area contributed by atoms with Gasteiger partial charge in [0.25, 0.3) is 0 Å². The van der Waals surface area contributed by atoms with Crippen LogP contribution in [0.3, 0.4) is 0 Å². The van der Waals surface area contributed by atoms with E-state index in [1.165, 1.54) is 5.56 Å². The van der Waals surface area contributed by atoms with Crippen molar-refractivity contribution in [3.63, 3.8) is 0 Å². The molecule has 0 unspecified atom stereocenters. The van der Waals surface area contributed by atoms with Crippen molar-refractivity contribution in [1.82, 2.24) is 15.1 Å². The molecule has 28 heavy (non-hydrogen) atoms. The first kappa shape index (κ1) is 20.6. The molecular weight excluding hydrogens is 358 g/mol. The van der Waals surface area contributed by atoms with Gasteiger partial charge in [0.05, 0.1) is 24.4 Å². The Bertz CT molecular complexity index is 785. The molecule has 1 aliphatic heterocycles. The molecule has 154 valence electrons. The second-order valence-electron chi connectivity index (χ2n) is 7.98. The lowest BCUT2D eigenvalue weighted by molar-refractivity contribution is 0.179. The van der Waals surface area contributed by atoms with Gasteiger partial charge >= 0.3 is 6.09 Å². The molecule has 2 heterocycles. The van der Waals surface area contributed by atoms with Gasteiger partial charge in [-0.25, -0.2) is 4.79 Å². The second kappa shape index (κ2) is 9.39. The number of fused-ring (bicyclic) bond motifs is 1. The number of benzene rings is 1. The van der Waals surface area contributed by atoms with Crippen LogP contribution in [0, 0.1) is 11.8 Å². The first-order valence-electron chi connectivity index (χ1n) is 10.0. The number of hydrogen-bond acceptors (Lipinski definition) is 4. The first-order valence-corrected chi connectivity index (χ1v) is 10.0. The molecule has 0 radical (unpaired) electrons. The number of amides is 1. The smallest absolute Gasteiger partial charge is 0.404 e. The van der Waals surface area contributed by atoms with Crippen LogP contribution in [0.25, 0.3) is 10.9 Å². The van der Waals surface area contributed by atoms with Gasteiger partial charge in [-0.05, 0) is 42.7 Å². The number of nitrogens with zero attached hydrogens (tertiary/aromatic N) is 2. The van der Waals surface area contributed by atoms with E-state index in [1.54, 1.807) is 7.11 Å². The maximum Gasteiger partial charge on any atom is 0.404 e. The van der Waals surface area contributed by atoms with E-state index < -0.39 is 6.09 Å². The van der Waals surface area contributed by atoms with E-state index >= 15 is 0 Å². The number of carbonyl (C=O) groups is 1. The van der Waals surface area contributed by atoms with Crippen molar-refractivity contribution >= 4 is 17.0 Å². The number of nitrogens with one attached hydrogen (secondary N) is 1. The molecule has 1 amide bonds. The van der Waals surface area contributed by atoms with Gasteiger partial charge in [-0.1, -0.05) is 26.0 Å². The maximum absolute atomic E-state index is 11.1. The number of hydrogen-bond donors (Lipinski definition) is 2. The van der Waals surface area contributed by atoms with Gasteiger partial charge < -0.3 is 19.9 Å². The van der Waals surface area contributed by atoms with Crippen LogP contribution in [0.5, 0.6) is 0 Å². The average Bonchev–Trinajstić information content (AvgIpc) is 3.42. The predicted molar refractivity (Wildman–Crippen MR) is 108 cm³/mol. The maximum atomic E-state index is 11.1. The molecule has 7 nitrogen and oxygen atoms in total. The SMILES string of the molecule is COCCCn1ncc2ccc(C[C@@H](C[C@H](NC(=O)O)[C@H]3CO3)C(C)C)cc21. The average molecular weight is 389 g/mol. The van der Waals surface area contributed by atoms with Crippen LogP contribution in [0.2, 0.25) is 0 Å². The summed E-state index contributed by atoms with van der Waals surface area (Å²) in [5.74, 6) is 0.808. The highest BCUT2D eigenvalue weighted by Crippen LogP contribution is 2.28. The van der Waals surface area contributed by atoms with E-state index in [9.17, 15) is 4.79 Å². The van der Waals surface area contributed by atoms with Crippen molar-refractivity contribution in [3.05, 3.63) is 30.0 Å². The minimum atomic E-state index is -0.982. The number of carboxylic acid groups (broad SMARTS) is 1. The highest BCUT2D eigenvalue weighted by atomic mass is 16.6. The van der Waals surface area contributed by atoms with Crippen LogP contribution in [0.15, 0.2) is 24.4 Å². The molecule has 1 aromatic carbocycles. The number of ether oxygens (including phenoxy) is 2. The molecule has 7 heteroatoms. The summed E-state index contributed by atoms with van der Waals surface area (Å²) in [5, 5.41) is 17.4. The van der Waals surface area contributed by atoms with Crippen LogP contribution in [-0.4, -0.2) is 53.4 Å². The molecule has 1 aliphatic rings. The molecule has 1 aromatic heterocycles. The van der Waals surface area contributed by atoms with E-state index in [0.29, 0.717) is 18.4 Å². The Morgan fingerprint density at radius 2 is 2.25 bits per heavy atom. The number of aromatic nitrogens is 2. The minimum absolute atomic E-state index is 0.0158. The number of epoxide rings is 1. The van der Waals surface area contributed by atoms with E-state index in [1.807, 2.05) is 10.9 Å². The topological polar surface area (TPSA) is 88.9 Å². The highest BCUT2D eigenvalue weighted by Gasteiger charge is 2.36. The molecule has 0 spiro atoms. The second-order valence-corrected chi connectivity index (χ2v) is 7.98. The summed E-state index contributed by atoms with van der Waals surface area (Å²) in [4.78, 5) is 11.1. The molecule has 0 aliphatic carbocycles. The predicted octanol–water partition coefficient (Wildman–Crippen LogP) is 3.31. The molecule has 0 bridgehead atoms. The van der Waals surface area contributed by atoms with E-state index in [4.69, 9.17) is 14.6 Å². The van der Waals surface area contributed by atoms with Gasteiger partial charge in [-0.2, -0.15) is 5.10 Å². The monoisotopic (exact) mass is 389 g/mol. The number of methoxy groups -OCH3 is 1. The summed E-state index contributed by atoms with van der Waals surface area (Å²) in [6.07, 6.45) is 3.55. The Labute approximate surface area is 166 Å². The van der Waals surface area contributed by atoms with Gasteiger partial charge in [0, 0.05) is 25.6 Å². The summed E-state index contributed by atoms with van der Waals surface area (Å²) in [6.45, 7) is 6.59. The lowest BCUT2D eigenvalue weighted by Crippen LogP contribution is -2.40. The van der Waals surface area contributed by atoms with Crippen molar-refractivity contribution in [2.75, 3.05) is 20.3 Å². The van der Waals surface area contributed by atoms with Crippen molar-refractivity contribution in [2.45, 2.75) is 51.8 Å². The molecule has 2 aromatic rings. The first-order chi connectivity index (χ1) is 13.5. The van der Waals surface area contributed by atoms with Gasteiger partial charge in [0.1, 0.15) is 6.10 Å². The fourth-order valence-corrected chi connectivity index (χ4v) is 3.75. The van der Waals surface area contributed by atoms with E-state index in [2.05, 4.69) is 42.5 Å². The quantitative estimate of drug-likeness (QED) is 0.455. The van der Waals surface area contributed by atoms with Crippen molar-refractivity contribution in [2.24, 2.45) is 11.8 Å². The van der Waals surface area contributed by atoms with Crippen LogP contribution < -0.4 is 5.32 Å². The summed E-state index contributed by atoms with van der Waals surface area (Å²) >= 11 is 0. The lowest BCUT2D eigenvalue weighted by atomic mass is 9.83. The Balaban J connectivity index is 1.72. The summed E-state index contributed by atoms with van der Waals surface area (Å²) < 4.78 is 12.5. The zero-order valence-electron chi connectivity index (χ0n) is 16.9. The Morgan fingerprint density at radius 3 is 2.89 bits per heavy atom. The van der Waals surface area contributed by atoms with Crippen molar-refractivity contribution < 1.29 is 19.4 Å². The fourth-order valence-electron chi connectivity index (χ4n) is 3.75. The number of aryl methyl sites for hydroxylation is 1. The Morgan fingerprint density at radius 1 is 1.46 bits per heavy atom. The molecule has 0 saturated carbocycles. The van der Waals surface area contributed by atoms with Crippen molar-refractivity contribution in [3.8, 4) is 0 Å². The van der Waals surface area contributed by atoms with Crippen LogP contribution in [-0.2, 0) is 22.4 Å². The lowest BCUT2D eigenvalue weighted by Gasteiger charge is -2.26. The van der Waals surface area contributed by atoms with Gasteiger partial charge in [0.15, 0.2) is 0 Å². The normalized spacial score (nSPS) is 18.4. The zero-order chi connectivity index (χ0) is 20.1. The largest absolute Gasteiger partial charge is 0.465 e. The molecule has 3 atom stereocenters. The fraction of sp³-hybridized carbons (Fsp3) is 0.619. The Hall–Kier alpha value is -2.12. The summed E-state index contributed by atoms with van der Waals surface area (Å²) in [7, 11) is 1.71. The third-order valence-corrected chi connectivity index (χ3v) is 5.54. The Kier molecular flexibility index (Phi) is 6.91. The van der Waals surface area contributed by atoms with E-state index in [-0.39, 0.29) is 12.1 Å². The third-order valence-electron chi connectivity index (χ3n) is 5.54. The molecular formula is C21H31N3O4. The molecule has 1 fully saturated rings. The van der Waals surface area contributed by atoms with E-state index in [0.717, 1.165) is 43.3 Å². The summed E-state index contributed by atoms with van der Waals surface area (Å²) in [6, 6.07) is 6.36. The highest BCUT2D eigenvalue weighted by molar-refractivity contribution is 5.79. The molecule has 2 N–H and O–H groups in total. The van der Waals surface area contributed by atoms with Gasteiger partial charge in [-0.3, -0.25) is 4.68 Å². The standard InChI is InChI=1S/C21H31N3O4/c1-14(2)17(11-18(20-13-28-20)23-21(25)26)9-15-5-6-16-12-22-24(19(16)10-15)7-4-8-27-3/h5-6,10,12,14,17-18,20,23H,4,7-9,11,13H2,1-3H3,(H,25,26)/t17-,18-,20+/m0/s1. The minimum Gasteiger partial charge on any atom is -0.465 e. The number of rotatable bonds is 11. The van der Waals surface area contributed by atoms with Gasteiger partial charge in [0.2, 0.25) is 0 Å². The van der Waals surface area contributed by atoms with Crippen LogP contribution in [0.4, 0.5) is 4.79 Å². The zero-order valence-corrected chi connectivity index (χ0v) is 16.9. The molecule has 1 saturated heterocycles. The van der Waals surface area contributed by atoms with Crippen LogP contribution >= 0.6 is 0 Å². The molecule has 3 rings (SSSR count). The van der Waals surface area contributed by atoms with Gasteiger partial charge in [-0.15, -0.1) is 0 Å². The third kappa shape index (κ3) is 5.45. The summed E-state index contributed by atoms with van der Waals surface area (Å²) in [5.41, 5.74) is 2.40. The van der Waals surface area contributed by atoms with Crippen LogP contribution in [0.1, 0.15) is 32.3 Å². The van der Waals surface area contributed by atoms with Crippen molar-refractivity contribution in [1.29, 1.82) is 0 Å².